The van der Waals surface area contributed by atoms with E-state index in [1.807, 2.05) is 23.1 Å². The Hall–Kier alpha value is -2.01. The minimum atomic E-state index is -0.0754. The fourth-order valence-electron chi connectivity index (χ4n) is 2.90. The largest absolute Gasteiger partial charge is 0.377 e. The van der Waals surface area contributed by atoms with Gasteiger partial charge in [0, 0.05) is 24.3 Å². The predicted octanol–water partition coefficient (Wildman–Crippen LogP) is 1.63. The molecule has 5 heteroatoms. The first-order valence-electron chi connectivity index (χ1n) is 6.90. The second-order valence-electron chi connectivity index (χ2n) is 5.47. The molecule has 1 amide bonds. The smallest absolute Gasteiger partial charge is 0.275 e. The van der Waals surface area contributed by atoms with Crippen LogP contribution in [-0.4, -0.2) is 46.1 Å². The SMILES string of the molecule is O=C(c1nccc2cccnc12)N1CCOCC12CC2. The first-order chi connectivity index (χ1) is 9.80. The van der Waals surface area contributed by atoms with Crippen LogP contribution in [0.25, 0.3) is 10.9 Å². The number of aromatic nitrogens is 2. The zero-order valence-corrected chi connectivity index (χ0v) is 11.1. The monoisotopic (exact) mass is 269 g/mol. The number of fused-ring (bicyclic) bond motifs is 1. The minimum absolute atomic E-state index is 0.0184. The lowest BCUT2D eigenvalue weighted by Crippen LogP contribution is -2.50. The number of nitrogens with zero attached hydrogens (tertiary/aromatic N) is 3. The highest BCUT2D eigenvalue weighted by Crippen LogP contribution is 2.44. The third-order valence-electron chi connectivity index (χ3n) is 4.20. The molecule has 1 saturated carbocycles. The van der Waals surface area contributed by atoms with E-state index in [1.165, 1.54) is 0 Å². The zero-order chi connectivity index (χ0) is 13.6. The molecule has 0 N–H and O–H groups in total. The molecule has 5 nitrogen and oxygen atoms in total. The highest BCUT2D eigenvalue weighted by atomic mass is 16.5. The molecule has 102 valence electrons. The molecule has 2 aliphatic rings. The van der Waals surface area contributed by atoms with Gasteiger partial charge in [-0.1, -0.05) is 6.07 Å². The van der Waals surface area contributed by atoms with Gasteiger partial charge in [0.2, 0.25) is 0 Å². The summed E-state index contributed by atoms with van der Waals surface area (Å²) in [5.74, 6) is -0.0184. The normalized spacial score (nSPS) is 20.3. The summed E-state index contributed by atoms with van der Waals surface area (Å²) in [4.78, 5) is 23.4. The fourth-order valence-corrected chi connectivity index (χ4v) is 2.90. The van der Waals surface area contributed by atoms with E-state index in [1.54, 1.807) is 12.4 Å². The Kier molecular flexibility index (Phi) is 2.50. The summed E-state index contributed by atoms with van der Waals surface area (Å²) in [7, 11) is 0. The van der Waals surface area contributed by atoms with Gasteiger partial charge >= 0.3 is 0 Å². The van der Waals surface area contributed by atoms with Gasteiger partial charge in [0.25, 0.3) is 5.91 Å². The van der Waals surface area contributed by atoms with Crippen molar-refractivity contribution in [1.29, 1.82) is 0 Å². The summed E-state index contributed by atoms with van der Waals surface area (Å²) >= 11 is 0. The van der Waals surface area contributed by atoms with Crippen molar-refractivity contribution in [2.24, 2.45) is 0 Å². The average Bonchev–Trinajstić information content (AvgIpc) is 3.26. The fraction of sp³-hybridized carbons (Fsp3) is 0.400. The quantitative estimate of drug-likeness (QED) is 0.789. The van der Waals surface area contributed by atoms with E-state index in [0.29, 0.717) is 31.0 Å². The lowest BCUT2D eigenvalue weighted by molar-refractivity contribution is -0.0119. The van der Waals surface area contributed by atoms with E-state index in [4.69, 9.17) is 4.74 Å². The molecule has 0 bridgehead atoms. The van der Waals surface area contributed by atoms with Crippen molar-refractivity contribution in [3.63, 3.8) is 0 Å². The van der Waals surface area contributed by atoms with E-state index in [0.717, 1.165) is 18.2 Å². The summed E-state index contributed by atoms with van der Waals surface area (Å²) in [6, 6.07) is 5.70. The maximum Gasteiger partial charge on any atom is 0.275 e. The topological polar surface area (TPSA) is 55.3 Å². The van der Waals surface area contributed by atoms with E-state index >= 15 is 0 Å². The van der Waals surface area contributed by atoms with Crippen LogP contribution in [-0.2, 0) is 4.74 Å². The van der Waals surface area contributed by atoms with Gasteiger partial charge in [-0.25, -0.2) is 4.98 Å². The Morgan fingerprint density at radius 1 is 1.25 bits per heavy atom. The van der Waals surface area contributed by atoms with Crippen molar-refractivity contribution in [2.75, 3.05) is 19.8 Å². The molecule has 0 aromatic carbocycles. The van der Waals surface area contributed by atoms with Gasteiger partial charge in [-0.05, 0) is 25.0 Å². The van der Waals surface area contributed by atoms with Crippen molar-refractivity contribution in [2.45, 2.75) is 18.4 Å². The number of pyridine rings is 2. The second-order valence-corrected chi connectivity index (χ2v) is 5.47. The van der Waals surface area contributed by atoms with Crippen molar-refractivity contribution in [3.8, 4) is 0 Å². The maximum atomic E-state index is 12.8. The van der Waals surface area contributed by atoms with Crippen LogP contribution >= 0.6 is 0 Å². The van der Waals surface area contributed by atoms with Crippen LogP contribution in [0.1, 0.15) is 23.3 Å². The Labute approximate surface area is 116 Å². The number of carbonyl (C=O) groups excluding carboxylic acids is 1. The van der Waals surface area contributed by atoms with Crippen LogP contribution in [0.15, 0.2) is 30.6 Å². The maximum absolute atomic E-state index is 12.8. The molecule has 1 aliphatic heterocycles. The summed E-state index contributed by atoms with van der Waals surface area (Å²) < 4.78 is 5.52. The molecule has 2 aromatic rings. The van der Waals surface area contributed by atoms with Crippen LogP contribution in [0.2, 0.25) is 0 Å². The molecule has 0 radical (unpaired) electrons. The van der Waals surface area contributed by atoms with Crippen LogP contribution in [0, 0.1) is 0 Å². The van der Waals surface area contributed by atoms with Gasteiger partial charge in [0.15, 0.2) is 5.69 Å². The molecule has 1 spiro atoms. The summed E-state index contributed by atoms with van der Waals surface area (Å²) in [6.07, 6.45) is 5.43. The zero-order valence-electron chi connectivity index (χ0n) is 11.1. The Morgan fingerprint density at radius 2 is 2.15 bits per heavy atom. The van der Waals surface area contributed by atoms with Crippen LogP contribution in [0.5, 0.6) is 0 Å². The molecule has 3 heterocycles. The standard InChI is InChI=1S/C15H15N3O2/c19-14(18-8-9-20-10-15(18)4-5-15)13-12-11(3-7-17-13)2-1-6-16-12/h1-3,6-7H,4-5,8-10H2. The Balaban J connectivity index is 1.77. The van der Waals surface area contributed by atoms with Crippen molar-refractivity contribution < 1.29 is 9.53 Å². The number of carbonyl (C=O) groups is 1. The first-order valence-corrected chi connectivity index (χ1v) is 6.90. The lowest BCUT2D eigenvalue weighted by Gasteiger charge is -2.35. The summed E-state index contributed by atoms with van der Waals surface area (Å²) in [5.41, 5.74) is 1.06. The molecule has 20 heavy (non-hydrogen) atoms. The number of morpholine rings is 1. The molecule has 0 atom stereocenters. The average molecular weight is 269 g/mol. The van der Waals surface area contributed by atoms with E-state index < -0.39 is 0 Å². The van der Waals surface area contributed by atoms with E-state index in [9.17, 15) is 4.79 Å². The number of hydrogen-bond acceptors (Lipinski definition) is 4. The number of rotatable bonds is 1. The lowest BCUT2D eigenvalue weighted by atomic mass is 10.1. The van der Waals surface area contributed by atoms with Gasteiger partial charge in [-0.3, -0.25) is 9.78 Å². The van der Waals surface area contributed by atoms with Crippen molar-refractivity contribution in [3.05, 3.63) is 36.3 Å². The predicted molar refractivity (Wildman–Crippen MR) is 73.4 cm³/mol. The molecule has 4 rings (SSSR count). The Bertz CT molecular complexity index is 676. The van der Waals surface area contributed by atoms with E-state index in [2.05, 4.69) is 9.97 Å². The summed E-state index contributed by atoms with van der Waals surface area (Å²) in [5, 5.41) is 0.948. The van der Waals surface area contributed by atoms with Crippen LogP contribution < -0.4 is 0 Å². The minimum Gasteiger partial charge on any atom is -0.377 e. The van der Waals surface area contributed by atoms with Gasteiger partial charge in [0.1, 0.15) is 5.52 Å². The molecule has 1 aliphatic carbocycles. The number of amides is 1. The molecule has 1 saturated heterocycles. The molecule has 2 aromatic heterocycles. The third kappa shape index (κ3) is 1.70. The highest BCUT2D eigenvalue weighted by molar-refractivity contribution is 6.03. The van der Waals surface area contributed by atoms with E-state index in [-0.39, 0.29) is 11.4 Å². The molecule has 2 fully saturated rings. The van der Waals surface area contributed by atoms with Crippen LogP contribution in [0.4, 0.5) is 0 Å². The van der Waals surface area contributed by atoms with Crippen molar-refractivity contribution >= 4 is 16.8 Å². The number of hydrogen-bond donors (Lipinski definition) is 0. The van der Waals surface area contributed by atoms with Crippen LogP contribution in [0.3, 0.4) is 0 Å². The summed E-state index contributed by atoms with van der Waals surface area (Å²) in [6.45, 7) is 1.90. The Morgan fingerprint density at radius 3 is 3.00 bits per heavy atom. The van der Waals surface area contributed by atoms with Gasteiger partial charge < -0.3 is 9.64 Å². The van der Waals surface area contributed by atoms with Crippen molar-refractivity contribution in [1.82, 2.24) is 14.9 Å². The molecular weight excluding hydrogens is 254 g/mol. The van der Waals surface area contributed by atoms with Gasteiger partial charge in [0.05, 0.1) is 18.8 Å². The first kappa shape index (κ1) is 11.8. The number of ether oxygens (including phenoxy) is 1. The van der Waals surface area contributed by atoms with Gasteiger partial charge in [-0.2, -0.15) is 0 Å². The molecular formula is C15H15N3O2. The third-order valence-corrected chi connectivity index (χ3v) is 4.20. The molecule has 0 unspecified atom stereocenters. The second kappa shape index (κ2) is 4.24. The van der Waals surface area contributed by atoms with Gasteiger partial charge in [-0.15, -0.1) is 0 Å². The highest BCUT2D eigenvalue weighted by Gasteiger charge is 2.52.